The Labute approximate surface area is 142 Å². The lowest BCUT2D eigenvalue weighted by Gasteiger charge is -2.20. The lowest BCUT2D eigenvalue weighted by molar-refractivity contribution is -0.122. The van der Waals surface area contributed by atoms with Gasteiger partial charge in [0.2, 0.25) is 5.91 Å². The highest BCUT2D eigenvalue weighted by Crippen LogP contribution is 2.29. The van der Waals surface area contributed by atoms with E-state index >= 15 is 0 Å². The molecule has 1 fully saturated rings. The summed E-state index contributed by atoms with van der Waals surface area (Å²) in [5.74, 6) is 0.921. The molecule has 1 saturated carbocycles. The fraction of sp³-hybridized carbons (Fsp3) is 0.474. The SMILES string of the molecule is Cn1ccnc1[C@H](NC(=O)CCC1CCCC1)c1ccccc1F. The highest BCUT2D eigenvalue weighted by molar-refractivity contribution is 5.76. The molecule has 4 nitrogen and oxygen atoms in total. The molecule has 128 valence electrons. The van der Waals surface area contributed by atoms with E-state index in [0.29, 0.717) is 23.7 Å². The monoisotopic (exact) mass is 329 g/mol. The molecule has 0 spiro atoms. The van der Waals surface area contributed by atoms with Gasteiger partial charge in [-0.05, 0) is 18.4 Å². The normalized spacial score (nSPS) is 16.2. The van der Waals surface area contributed by atoms with Gasteiger partial charge in [-0.2, -0.15) is 0 Å². The number of aromatic nitrogens is 2. The first-order valence-electron chi connectivity index (χ1n) is 8.66. The number of imidazole rings is 1. The van der Waals surface area contributed by atoms with Crippen LogP contribution >= 0.6 is 0 Å². The number of nitrogens with zero attached hydrogens (tertiary/aromatic N) is 2. The van der Waals surface area contributed by atoms with Crippen molar-refractivity contribution in [1.82, 2.24) is 14.9 Å². The molecule has 1 aromatic carbocycles. The highest BCUT2D eigenvalue weighted by atomic mass is 19.1. The Morgan fingerprint density at radius 2 is 2.12 bits per heavy atom. The van der Waals surface area contributed by atoms with E-state index < -0.39 is 6.04 Å². The topological polar surface area (TPSA) is 46.9 Å². The zero-order chi connectivity index (χ0) is 16.9. The van der Waals surface area contributed by atoms with E-state index in [9.17, 15) is 9.18 Å². The van der Waals surface area contributed by atoms with Gasteiger partial charge in [0.25, 0.3) is 0 Å². The number of benzene rings is 1. The summed E-state index contributed by atoms with van der Waals surface area (Å²) in [6.07, 6.45) is 9.86. The molecule has 1 atom stereocenters. The summed E-state index contributed by atoms with van der Waals surface area (Å²) in [5, 5.41) is 2.98. The first-order chi connectivity index (χ1) is 11.6. The van der Waals surface area contributed by atoms with Crippen LogP contribution in [0.3, 0.4) is 0 Å². The minimum absolute atomic E-state index is 0.0434. The molecule has 0 bridgehead atoms. The van der Waals surface area contributed by atoms with Crippen molar-refractivity contribution in [2.24, 2.45) is 13.0 Å². The van der Waals surface area contributed by atoms with Crippen LogP contribution in [0.2, 0.25) is 0 Å². The van der Waals surface area contributed by atoms with Gasteiger partial charge in [0.15, 0.2) is 0 Å². The number of rotatable bonds is 6. The third-order valence-electron chi connectivity index (χ3n) is 4.89. The second-order valence-electron chi connectivity index (χ2n) is 6.61. The summed E-state index contributed by atoms with van der Waals surface area (Å²) in [4.78, 5) is 16.7. The van der Waals surface area contributed by atoms with Gasteiger partial charge in [0.05, 0.1) is 0 Å². The number of hydrogen-bond acceptors (Lipinski definition) is 2. The Morgan fingerprint density at radius 3 is 2.79 bits per heavy atom. The molecule has 24 heavy (non-hydrogen) atoms. The van der Waals surface area contributed by atoms with Gasteiger partial charge in [-0.15, -0.1) is 0 Å². The first kappa shape index (κ1) is 16.7. The van der Waals surface area contributed by atoms with Gasteiger partial charge in [0, 0.05) is 31.4 Å². The van der Waals surface area contributed by atoms with E-state index in [4.69, 9.17) is 0 Å². The third kappa shape index (κ3) is 3.83. The lowest BCUT2D eigenvalue weighted by Crippen LogP contribution is -2.31. The molecule has 0 saturated heterocycles. The Kier molecular flexibility index (Phi) is 5.28. The van der Waals surface area contributed by atoms with Crippen LogP contribution < -0.4 is 5.32 Å². The van der Waals surface area contributed by atoms with Crippen LogP contribution in [0, 0.1) is 11.7 Å². The summed E-state index contributed by atoms with van der Waals surface area (Å²) >= 11 is 0. The number of amides is 1. The minimum Gasteiger partial charge on any atom is -0.342 e. The molecule has 1 amide bonds. The van der Waals surface area contributed by atoms with Crippen LogP contribution in [0.4, 0.5) is 4.39 Å². The van der Waals surface area contributed by atoms with Gasteiger partial charge in [0.1, 0.15) is 17.7 Å². The predicted octanol–water partition coefficient (Wildman–Crippen LogP) is 3.74. The summed E-state index contributed by atoms with van der Waals surface area (Å²) in [6, 6.07) is 5.97. The number of carbonyl (C=O) groups excluding carboxylic acids is 1. The van der Waals surface area contributed by atoms with E-state index in [0.717, 1.165) is 6.42 Å². The van der Waals surface area contributed by atoms with E-state index in [1.54, 1.807) is 30.6 Å². The highest BCUT2D eigenvalue weighted by Gasteiger charge is 2.24. The zero-order valence-electron chi connectivity index (χ0n) is 14.0. The van der Waals surface area contributed by atoms with Gasteiger partial charge >= 0.3 is 0 Å². The molecule has 1 aromatic heterocycles. The van der Waals surface area contributed by atoms with E-state index in [2.05, 4.69) is 10.3 Å². The average molecular weight is 329 g/mol. The second-order valence-corrected chi connectivity index (χ2v) is 6.61. The van der Waals surface area contributed by atoms with Crippen LogP contribution in [-0.4, -0.2) is 15.5 Å². The van der Waals surface area contributed by atoms with Gasteiger partial charge in [-0.3, -0.25) is 4.79 Å². The number of nitrogens with one attached hydrogen (secondary N) is 1. The molecule has 1 aliphatic carbocycles. The molecule has 0 unspecified atom stereocenters. The third-order valence-corrected chi connectivity index (χ3v) is 4.89. The maximum Gasteiger partial charge on any atom is 0.220 e. The van der Waals surface area contributed by atoms with E-state index in [1.165, 1.54) is 31.7 Å². The fourth-order valence-corrected chi connectivity index (χ4v) is 3.51. The van der Waals surface area contributed by atoms with Crippen molar-refractivity contribution in [1.29, 1.82) is 0 Å². The molecule has 2 aromatic rings. The molecule has 0 radical (unpaired) electrons. The Morgan fingerprint density at radius 1 is 1.38 bits per heavy atom. The summed E-state index contributed by atoms with van der Waals surface area (Å²) in [6.45, 7) is 0. The smallest absolute Gasteiger partial charge is 0.220 e. The van der Waals surface area contributed by atoms with Crippen LogP contribution in [-0.2, 0) is 11.8 Å². The van der Waals surface area contributed by atoms with Crippen molar-refractivity contribution in [3.8, 4) is 0 Å². The van der Waals surface area contributed by atoms with Gasteiger partial charge in [-0.1, -0.05) is 43.9 Å². The molecule has 0 aliphatic heterocycles. The van der Waals surface area contributed by atoms with Crippen molar-refractivity contribution in [2.75, 3.05) is 0 Å². The van der Waals surface area contributed by atoms with Crippen molar-refractivity contribution in [2.45, 2.75) is 44.6 Å². The molecule has 5 heteroatoms. The molecular weight excluding hydrogens is 305 g/mol. The van der Waals surface area contributed by atoms with Crippen molar-refractivity contribution in [3.05, 3.63) is 53.9 Å². The van der Waals surface area contributed by atoms with Gasteiger partial charge < -0.3 is 9.88 Å². The fourth-order valence-electron chi connectivity index (χ4n) is 3.51. The van der Waals surface area contributed by atoms with Gasteiger partial charge in [-0.25, -0.2) is 9.37 Å². The molecular formula is C19H24FN3O. The van der Waals surface area contributed by atoms with Crippen LogP contribution in [0.15, 0.2) is 36.7 Å². The Balaban J connectivity index is 1.74. The molecule has 1 heterocycles. The summed E-state index contributed by atoms with van der Waals surface area (Å²) < 4.78 is 16.1. The number of halogens is 1. The predicted molar refractivity (Wildman–Crippen MR) is 90.8 cm³/mol. The van der Waals surface area contributed by atoms with Crippen molar-refractivity contribution >= 4 is 5.91 Å². The van der Waals surface area contributed by atoms with E-state index in [1.807, 2.05) is 11.6 Å². The lowest BCUT2D eigenvalue weighted by atomic mass is 10.0. The number of carbonyl (C=O) groups is 1. The van der Waals surface area contributed by atoms with Crippen LogP contribution in [0.25, 0.3) is 0 Å². The zero-order valence-corrected chi connectivity index (χ0v) is 14.0. The maximum atomic E-state index is 14.3. The molecule has 1 N–H and O–H groups in total. The quantitative estimate of drug-likeness (QED) is 0.877. The molecule has 1 aliphatic rings. The Bertz CT molecular complexity index is 691. The largest absolute Gasteiger partial charge is 0.342 e. The van der Waals surface area contributed by atoms with Crippen LogP contribution in [0.1, 0.15) is 56.0 Å². The average Bonchev–Trinajstić information content (AvgIpc) is 3.23. The summed E-state index contributed by atoms with van der Waals surface area (Å²) in [5.41, 5.74) is 0.445. The first-order valence-corrected chi connectivity index (χ1v) is 8.66. The van der Waals surface area contributed by atoms with Crippen LogP contribution in [0.5, 0.6) is 0 Å². The maximum absolute atomic E-state index is 14.3. The standard InChI is InChI=1S/C19H24FN3O/c1-23-13-12-21-19(23)18(15-8-4-5-9-16(15)20)22-17(24)11-10-14-6-2-3-7-14/h4-5,8-9,12-14,18H,2-3,6-7,10-11H2,1H3,(H,22,24)/t18-/m1/s1. The van der Waals surface area contributed by atoms with E-state index in [-0.39, 0.29) is 11.7 Å². The molecule has 3 rings (SSSR count). The van der Waals surface area contributed by atoms with Crippen molar-refractivity contribution < 1.29 is 9.18 Å². The minimum atomic E-state index is -0.567. The Hall–Kier alpha value is -2.17. The number of hydrogen-bond donors (Lipinski definition) is 1. The van der Waals surface area contributed by atoms with Crippen molar-refractivity contribution in [3.63, 3.8) is 0 Å². The second kappa shape index (κ2) is 7.60. The summed E-state index contributed by atoms with van der Waals surface area (Å²) in [7, 11) is 1.85. The number of aryl methyl sites for hydroxylation is 1.